The van der Waals surface area contributed by atoms with Gasteiger partial charge < -0.3 is 10.4 Å². The van der Waals surface area contributed by atoms with Crippen molar-refractivity contribution in [3.8, 4) is 0 Å². The minimum atomic E-state index is -0.951. The molecule has 2 heterocycles. The van der Waals surface area contributed by atoms with E-state index in [4.69, 9.17) is 5.11 Å². The fourth-order valence-electron chi connectivity index (χ4n) is 1.39. The molecule has 17 heavy (non-hydrogen) atoms. The summed E-state index contributed by atoms with van der Waals surface area (Å²) in [5.41, 5.74) is 0.908. The van der Waals surface area contributed by atoms with Crippen LogP contribution in [0.3, 0.4) is 0 Å². The zero-order chi connectivity index (χ0) is 12.3. The summed E-state index contributed by atoms with van der Waals surface area (Å²) in [6, 6.07) is 3.06. The second kappa shape index (κ2) is 4.92. The van der Waals surface area contributed by atoms with E-state index in [1.54, 1.807) is 13.1 Å². The van der Waals surface area contributed by atoms with E-state index in [-0.39, 0.29) is 5.56 Å². The maximum Gasteiger partial charge on any atom is 0.335 e. The largest absolute Gasteiger partial charge is 0.478 e. The van der Waals surface area contributed by atoms with Gasteiger partial charge in [-0.05, 0) is 19.1 Å². The van der Waals surface area contributed by atoms with Crippen molar-refractivity contribution in [2.75, 3.05) is 5.32 Å². The number of hydrogen-bond donors (Lipinski definition) is 2. The summed E-state index contributed by atoms with van der Waals surface area (Å²) in [7, 11) is 0. The lowest BCUT2D eigenvalue weighted by Gasteiger charge is -2.05. The van der Waals surface area contributed by atoms with Gasteiger partial charge in [0.25, 0.3) is 0 Å². The summed E-state index contributed by atoms with van der Waals surface area (Å²) >= 11 is 1.54. The summed E-state index contributed by atoms with van der Waals surface area (Å²) < 4.78 is 0. The van der Waals surface area contributed by atoms with Crippen LogP contribution in [0.4, 0.5) is 5.82 Å². The van der Waals surface area contributed by atoms with E-state index in [9.17, 15) is 4.79 Å². The first-order valence-electron chi connectivity index (χ1n) is 4.99. The molecule has 0 aliphatic carbocycles. The van der Waals surface area contributed by atoms with Crippen LogP contribution in [0.1, 0.15) is 21.1 Å². The van der Waals surface area contributed by atoms with Crippen LogP contribution in [0.25, 0.3) is 0 Å². The number of pyridine rings is 1. The average molecular weight is 249 g/mol. The molecule has 5 nitrogen and oxygen atoms in total. The number of hydrogen-bond acceptors (Lipinski definition) is 5. The van der Waals surface area contributed by atoms with Gasteiger partial charge in [-0.2, -0.15) is 0 Å². The number of rotatable bonds is 4. The van der Waals surface area contributed by atoms with Crippen LogP contribution in [0.15, 0.2) is 23.7 Å². The van der Waals surface area contributed by atoms with Gasteiger partial charge in [0.15, 0.2) is 0 Å². The van der Waals surface area contributed by atoms with Crippen molar-refractivity contribution in [3.63, 3.8) is 0 Å². The predicted molar refractivity (Wildman–Crippen MR) is 65.4 cm³/mol. The zero-order valence-electron chi connectivity index (χ0n) is 9.17. The highest BCUT2D eigenvalue weighted by Crippen LogP contribution is 2.12. The van der Waals surface area contributed by atoms with E-state index in [0.29, 0.717) is 18.1 Å². The highest BCUT2D eigenvalue weighted by atomic mass is 32.1. The number of aromatic nitrogens is 2. The highest BCUT2D eigenvalue weighted by Gasteiger charge is 2.06. The molecule has 0 amide bonds. The van der Waals surface area contributed by atoms with Crippen molar-refractivity contribution in [1.29, 1.82) is 0 Å². The van der Waals surface area contributed by atoms with Crippen LogP contribution in [-0.4, -0.2) is 21.0 Å². The van der Waals surface area contributed by atoms with Crippen molar-refractivity contribution in [3.05, 3.63) is 40.0 Å². The fourth-order valence-corrected chi connectivity index (χ4v) is 1.95. The van der Waals surface area contributed by atoms with Crippen LogP contribution >= 0.6 is 11.3 Å². The maximum atomic E-state index is 10.9. The molecule has 0 saturated heterocycles. The van der Waals surface area contributed by atoms with Gasteiger partial charge in [-0.15, -0.1) is 11.3 Å². The first-order valence-corrected chi connectivity index (χ1v) is 5.87. The van der Waals surface area contributed by atoms with E-state index < -0.39 is 5.97 Å². The lowest BCUT2D eigenvalue weighted by atomic mass is 10.2. The molecule has 2 N–H and O–H groups in total. The van der Waals surface area contributed by atoms with E-state index in [0.717, 1.165) is 5.01 Å². The van der Waals surface area contributed by atoms with Gasteiger partial charge in [0.2, 0.25) is 0 Å². The second-order valence-electron chi connectivity index (χ2n) is 3.47. The van der Waals surface area contributed by atoms with Crippen LogP contribution in [0, 0.1) is 6.92 Å². The van der Waals surface area contributed by atoms with E-state index >= 15 is 0 Å². The molecular formula is C11H11N3O2S. The van der Waals surface area contributed by atoms with Crippen molar-refractivity contribution in [1.82, 2.24) is 9.97 Å². The molecule has 0 aliphatic heterocycles. The molecule has 0 aliphatic rings. The number of anilines is 1. The number of nitrogens with zero attached hydrogens (tertiary/aromatic N) is 2. The van der Waals surface area contributed by atoms with Gasteiger partial charge in [-0.1, -0.05) is 0 Å². The first-order chi connectivity index (χ1) is 8.15. The summed E-state index contributed by atoms with van der Waals surface area (Å²) in [4.78, 5) is 19.2. The van der Waals surface area contributed by atoms with E-state index in [1.165, 1.54) is 23.5 Å². The zero-order valence-corrected chi connectivity index (χ0v) is 9.99. The molecule has 0 bridgehead atoms. The van der Waals surface area contributed by atoms with Crippen LogP contribution in [0.5, 0.6) is 0 Å². The van der Waals surface area contributed by atoms with Gasteiger partial charge in [-0.3, -0.25) is 0 Å². The Labute approximate surface area is 102 Å². The SMILES string of the molecule is Cc1cc(C(=O)O)cc(NCc2nccs2)n1. The van der Waals surface area contributed by atoms with Gasteiger partial charge >= 0.3 is 5.97 Å². The Morgan fingerprint density at radius 1 is 1.53 bits per heavy atom. The lowest BCUT2D eigenvalue weighted by molar-refractivity contribution is 0.0696. The smallest absolute Gasteiger partial charge is 0.335 e. The molecule has 88 valence electrons. The minimum absolute atomic E-state index is 0.235. The van der Waals surface area contributed by atoms with Crippen LogP contribution in [0.2, 0.25) is 0 Å². The quantitative estimate of drug-likeness (QED) is 0.868. The summed E-state index contributed by atoms with van der Waals surface area (Å²) in [6.07, 6.45) is 1.73. The molecule has 2 aromatic rings. The number of aromatic carboxylic acids is 1. The molecule has 0 unspecified atom stereocenters. The van der Waals surface area contributed by atoms with E-state index in [1.807, 2.05) is 5.38 Å². The van der Waals surface area contributed by atoms with Crippen LogP contribution in [-0.2, 0) is 6.54 Å². The highest BCUT2D eigenvalue weighted by molar-refractivity contribution is 7.09. The van der Waals surface area contributed by atoms with Crippen molar-refractivity contribution >= 4 is 23.1 Å². The molecular weight excluding hydrogens is 238 g/mol. The van der Waals surface area contributed by atoms with Crippen molar-refractivity contribution in [2.24, 2.45) is 0 Å². The Hall–Kier alpha value is -1.95. The second-order valence-corrected chi connectivity index (χ2v) is 4.45. The molecule has 0 spiro atoms. The third kappa shape index (κ3) is 3.01. The molecule has 0 saturated carbocycles. The molecule has 6 heteroatoms. The van der Waals surface area contributed by atoms with Gasteiger partial charge in [-0.25, -0.2) is 14.8 Å². The minimum Gasteiger partial charge on any atom is -0.478 e. The van der Waals surface area contributed by atoms with Crippen molar-refractivity contribution < 1.29 is 9.90 Å². The summed E-state index contributed by atoms with van der Waals surface area (Å²) in [5.74, 6) is -0.398. The molecule has 2 aromatic heterocycles. The Morgan fingerprint density at radius 3 is 3.00 bits per heavy atom. The topological polar surface area (TPSA) is 75.1 Å². The maximum absolute atomic E-state index is 10.9. The first kappa shape index (κ1) is 11.5. The van der Waals surface area contributed by atoms with E-state index in [2.05, 4.69) is 15.3 Å². The standard InChI is InChI=1S/C11H11N3O2S/c1-7-4-8(11(15)16)5-9(14-7)13-6-10-12-2-3-17-10/h2-5H,6H2,1H3,(H,13,14)(H,15,16). The van der Waals surface area contributed by atoms with Crippen molar-refractivity contribution in [2.45, 2.75) is 13.5 Å². The monoisotopic (exact) mass is 249 g/mol. The third-order valence-electron chi connectivity index (χ3n) is 2.10. The molecule has 0 atom stereocenters. The Bertz CT molecular complexity index is 526. The third-order valence-corrected chi connectivity index (χ3v) is 2.88. The normalized spacial score (nSPS) is 10.2. The molecule has 2 rings (SSSR count). The number of carboxylic acid groups (broad SMARTS) is 1. The van der Waals surface area contributed by atoms with Gasteiger partial charge in [0.1, 0.15) is 10.8 Å². The predicted octanol–water partition coefficient (Wildman–Crippen LogP) is 2.16. The molecule has 0 aromatic carbocycles. The lowest BCUT2D eigenvalue weighted by Crippen LogP contribution is -2.05. The number of aryl methyl sites for hydroxylation is 1. The summed E-state index contributed by atoms with van der Waals surface area (Å²) in [6.45, 7) is 2.31. The summed E-state index contributed by atoms with van der Waals surface area (Å²) in [5, 5.41) is 14.8. The molecule has 0 fully saturated rings. The Morgan fingerprint density at radius 2 is 2.35 bits per heavy atom. The molecule has 0 radical (unpaired) electrons. The number of nitrogens with one attached hydrogen (secondary N) is 1. The number of carbonyl (C=O) groups is 1. The van der Waals surface area contributed by atoms with Gasteiger partial charge in [0, 0.05) is 17.3 Å². The number of thiazole rings is 1. The van der Waals surface area contributed by atoms with Crippen LogP contribution < -0.4 is 5.32 Å². The fraction of sp³-hybridized carbons (Fsp3) is 0.182. The average Bonchev–Trinajstić information content (AvgIpc) is 2.78. The Kier molecular flexibility index (Phi) is 3.34. The van der Waals surface area contributed by atoms with Gasteiger partial charge in [0.05, 0.1) is 12.1 Å². The number of carboxylic acids is 1. The Balaban J connectivity index is 2.13.